The lowest BCUT2D eigenvalue weighted by Gasteiger charge is -2.22. The molecule has 0 fully saturated rings. The molecule has 0 saturated heterocycles. The van der Waals surface area contributed by atoms with Crippen LogP contribution in [0, 0.1) is 11.3 Å². The highest BCUT2D eigenvalue weighted by Gasteiger charge is 2.17. The molecule has 0 aromatic heterocycles. The molecule has 7 heteroatoms. The van der Waals surface area contributed by atoms with Gasteiger partial charge in [-0.25, -0.2) is 0 Å². The molecule has 0 spiro atoms. The normalized spacial score (nSPS) is 9.96. The fourth-order valence-electron chi connectivity index (χ4n) is 2.41. The molecule has 27 heavy (non-hydrogen) atoms. The topological polar surface area (TPSA) is 79.6 Å². The van der Waals surface area contributed by atoms with Crippen LogP contribution >= 0.6 is 15.9 Å². The first-order chi connectivity index (χ1) is 13.1. The van der Waals surface area contributed by atoms with E-state index in [-0.39, 0.29) is 25.5 Å². The van der Waals surface area contributed by atoms with Gasteiger partial charge in [0.1, 0.15) is 11.5 Å². The minimum atomic E-state index is -0.311. The summed E-state index contributed by atoms with van der Waals surface area (Å²) in [5.74, 6) is 0.721. The first-order valence-corrected chi connectivity index (χ1v) is 9.16. The van der Waals surface area contributed by atoms with Crippen LogP contribution < -0.4 is 14.4 Å². The second kappa shape index (κ2) is 10.3. The van der Waals surface area contributed by atoms with Gasteiger partial charge in [-0.2, -0.15) is 5.26 Å². The Balaban J connectivity index is 2.12. The maximum Gasteiger partial charge on any atom is 0.264 e. The van der Waals surface area contributed by atoms with Crippen molar-refractivity contribution < 1.29 is 19.1 Å². The van der Waals surface area contributed by atoms with E-state index in [4.69, 9.17) is 14.7 Å². The summed E-state index contributed by atoms with van der Waals surface area (Å²) in [7, 11) is 0. The molecule has 0 aliphatic rings. The van der Waals surface area contributed by atoms with Crippen molar-refractivity contribution in [1.82, 2.24) is 0 Å². The van der Waals surface area contributed by atoms with Crippen molar-refractivity contribution in [2.24, 2.45) is 0 Å². The third-order valence-corrected chi connectivity index (χ3v) is 4.15. The molecule has 2 aromatic rings. The zero-order valence-corrected chi connectivity index (χ0v) is 16.4. The standard InChI is InChI=1S/C20H19BrN2O4/c1-2-26-18-7-5-17(6-8-18)23(11-3-10-22)20(25)14-27-19-9-4-16(21)12-15(19)13-24/h4-9,12-13H,2-3,11,14H2,1H3. The monoisotopic (exact) mass is 430 g/mol. The number of amides is 1. The summed E-state index contributed by atoms with van der Waals surface area (Å²) in [6.45, 7) is 2.44. The average Bonchev–Trinajstić information content (AvgIpc) is 2.68. The molecule has 0 atom stereocenters. The van der Waals surface area contributed by atoms with E-state index in [1.54, 1.807) is 42.5 Å². The van der Waals surface area contributed by atoms with Crippen LogP contribution in [0.4, 0.5) is 5.69 Å². The van der Waals surface area contributed by atoms with Gasteiger partial charge in [-0.1, -0.05) is 15.9 Å². The smallest absolute Gasteiger partial charge is 0.264 e. The highest BCUT2D eigenvalue weighted by atomic mass is 79.9. The van der Waals surface area contributed by atoms with Crippen LogP contribution in [-0.2, 0) is 4.79 Å². The van der Waals surface area contributed by atoms with Crippen molar-refractivity contribution in [2.75, 3.05) is 24.7 Å². The van der Waals surface area contributed by atoms with Crippen LogP contribution in [0.3, 0.4) is 0 Å². The van der Waals surface area contributed by atoms with E-state index in [0.717, 1.165) is 4.47 Å². The number of nitriles is 1. The largest absolute Gasteiger partial charge is 0.494 e. The molecule has 0 aliphatic carbocycles. The zero-order valence-electron chi connectivity index (χ0n) is 14.9. The molecule has 0 N–H and O–H groups in total. The molecular formula is C20H19BrN2O4. The van der Waals surface area contributed by atoms with Gasteiger partial charge in [0.25, 0.3) is 5.91 Å². The van der Waals surface area contributed by atoms with E-state index in [1.807, 2.05) is 13.0 Å². The summed E-state index contributed by atoms with van der Waals surface area (Å²) in [5, 5.41) is 8.88. The maximum atomic E-state index is 12.7. The van der Waals surface area contributed by atoms with Crippen molar-refractivity contribution in [2.45, 2.75) is 13.3 Å². The number of hydrogen-bond acceptors (Lipinski definition) is 5. The van der Waals surface area contributed by atoms with Crippen molar-refractivity contribution in [3.63, 3.8) is 0 Å². The summed E-state index contributed by atoms with van der Waals surface area (Å²) >= 11 is 3.29. The Morgan fingerprint density at radius 1 is 1.22 bits per heavy atom. The summed E-state index contributed by atoms with van der Waals surface area (Å²) in [6.07, 6.45) is 0.862. The lowest BCUT2D eigenvalue weighted by atomic mass is 10.2. The Bertz CT molecular complexity index is 831. The predicted octanol–water partition coefficient (Wildman–Crippen LogP) is 3.99. The van der Waals surface area contributed by atoms with E-state index in [0.29, 0.717) is 35.6 Å². The SMILES string of the molecule is CCOc1ccc(N(CCC#N)C(=O)COc2ccc(Br)cc2C=O)cc1. The minimum Gasteiger partial charge on any atom is -0.494 e. The Morgan fingerprint density at radius 2 is 1.96 bits per heavy atom. The molecule has 6 nitrogen and oxygen atoms in total. The van der Waals surface area contributed by atoms with Gasteiger partial charge in [-0.3, -0.25) is 9.59 Å². The van der Waals surface area contributed by atoms with Gasteiger partial charge in [0.15, 0.2) is 12.9 Å². The number of anilines is 1. The summed E-state index contributed by atoms with van der Waals surface area (Å²) in [5.41, 5.74) is 0.996. The van der Waals surface area contributed by atoms with Crippen molar-refractivity contribution in [3.8, 4) is 17.6 Å². The fourth-order valence-corrected chi connectivity index (χ4v) is 2.79. The third kappa shape index (κ3) is 5.83. The number of carbonyl (C=O) groups excluding carboxylic acids is 2. The number of nitrogens with zero attached hydrogens (tertiary/aromatic N) is 2. The van der Waals surface area contributed by atoms with Crippen LogP contribution in [0.2, 0.25) is 0 Å². The van der Waals surface area contributed by atoms with Crippen LogP contribution in [0.5, 0.6) is 11.5 Å². The van der Waals surface area contributed by atoms with Crippen LogP contribution in [-0.4, -0.2) is 32.0 Å². The minimum absolute atomic E-state index is 0.191. The van der Waals surface area contributed by atoms with Gasteiger partial charge in [0.05, 0.1) is 24.7 Å². The van der Waals surface area contributed by atoms with E-state index >= 15 is 0 Å². The molecule has 2 aromatic carbocycles. The van der Waals surface area contributed by atoms with Crippen LogP contribution in [0.25, 0.3) is 0 Å². The van der Waals surface area contributed by atoms with Gasteiger partial charge >= 0.3 is 0 Å². The van der Waals surface area contributed by atoms with E-state index in [1.165, 1.54) is 4.90 Å². The van der Waals surface area contributed by atoms with Crippen LogP contribution in [0.15, 0.2) is 46.9 Å². The number of halogens is 1. The second-order valence-corrected chi connectivity index (χ2v) is 6.38. The van der Waals surface area contributed by atoms with Gasteiger partial charge < -0.3 is 14.4 Å². The first kappa shape index (κ1) is 20.5. The fraction of sp³-hybridized carbons (Fsp3) is 0.250. The number of rotatable bonds is 9. The van der Waals surface area contributed by atoms with E-state index in [2.05, 4.69) is 15.9 Å². The summed E-state index contributed by atoms with van der Waals surface area (Å²) < 4.78 is 11.7. The Kier molecular flexibility index (Phi) is 7.83. The van der Waals surface area contributed by atoms with Gasteiger partial charge in [-0.05, 0) is 49.4 Å². The molecular weight excluding hydrogens is 412 g/mol. The molecule has 0 saturated carbocycles. The Hall–Kier alpha value is -2.85. The van der Waals surface area contributed by atoms with E-state index in [9.17, 15) is 9.59 Å². The van der Waals surface area contributed by atoms with E-state index < -0.39 is 0 Å². The highest BCUT2D eigenvalue weighted by Crippen LogP contribution is 2.23. The van der Waals surface area contributed by atoms with Crippen molar-refractivity contribution >= 4 is 33.8 Å². The molecule has 0 unspecified atom stereocenters. The zero-order chi connectivity index (χ0) is 19.6. The number of carbonyl (C=O) groups is 2. The maximum absolute atomic E-state index is 12.7. The lowest BCUT2D eigenvalue weighted by molar-refractivity contribution is -0.120. The summed E-state index contributed by atoms with van der Waals surface area (Å²) in [6, 6.07) is 14.1. The number of hydrogen-bond donors (Lipinski definition) is 0. The third-order valence-electron chi connectivity index (χ3n) is 3.66. The first-order valence-electron chi connectivity index (χ1n) is 8.36. The molecule has 1 amide bonds. The van der Waals surface area contributed by atoms with Gasteiger partial charge in [-0.15, -0.1) is 0 Å². The number of aldehydes is 1. The Morgan fingerprint density at radius 3 is 2.59 bits per heavy atom. The van der Waals surface area contributed by atoms with Crippen molar-refractivity contribution in [3.05, 3.63) is 52.5 Å². The predicted molar refractivity (Wildman–Crippen MR) is 105 cm³/mol. The summed E-state index contributed by atoms with van der Waals surface area (Å²) in [4.78, 5) is 25.3. The molecule has 0 radical (unpaired) electrons. The van der Waals surface area contributed by atoms with Gasteiger partial charge in [0, 0.05) is 16.7 Å². The Labute approximate surface area is 166 Å². The lowest BCUT2D eigenvalue weighted by Crippen LogP contribution is -2.35. The molecule has 0 aliphatic heterocycles. The van der Waals surface area contributed by atoms with Crippen LogP contribution in [0.1, 0.15) is 23.7 Å². The average molecular weight is 431 g/mol. The molecule has 140 valence electrons. The highest BCUT2D eigenvalue weighted by molar-refractivity contribution is 9.10. The molecule has 0 bridgehead atoms. The molecule has 2 rings (SSSR count). The quantitative estimate of drug-likeness (QED) is 0.561. The second-order valence-electron chi connectivity index (χ2n) is 5.47. The number of ether oxygens (including phenoxy) is 2. The van der Waals surface area contributed by atoms with Crippen molar-refractivity contribution in [1.29, 1.82) is 5.26 Å². The number of benzene rings is 2. The molecule has 0 heterocycles. The van der Waals surface area contributed by atoms with Gasteiger partial charge in [0.2, 0.25) is 0 Å².